The van der Waals surface area contributed by atoms with Gasteiger partial charge in [0.15, 0.2) is 0 Å². The van der Waals surface area contributed by atoms with E-state index < -0.39 is 16.1 Å². The Bertz CT molecular complexity index is 1290. The van der Waals surface area contributed by atoms with E-state index in [4.69, 9.17) is 16.3 Å². The van der Waals surface area contributed by atoms with Crippen LogP contribution in [0.15, 0.2) is 66.7 Å². The van der Waals surface area contributed by atoms with Gasteiger partial charge in [-0.1, -0.05) is 48.0 Å². The van der Waals surface area contributed by atoms with Crippen molar-refractivity contribution in [2.45, 2.75) is 25.8 Å². The van der Waals surface area contributed by atoms with Crippen molar-refractivity contribution in [3.05, 3.63) is 82.9 Å². The number of likely N-dealkylation sites (tertiary alicyclic amines) is 1. The lowest BCUT2D eigenvalue weighted by Gasteiger charge is -2.17. The van der Waals surface area contributed by atoms with Crippen LogP contribution in [-0.2, 0) is 23.0 Å². The zero-order valence-corrected chi connectivity index (χ0v) is 21.7. The van der Waals surface area contributed by atoms with Crippen LogP contribution < -0.4 is 14.8 Å². The second kappa shape index (κ2) is 11.8. The van der Waals surface area contributed by atoms with Crippen LogP contribution >= 0.6 is 11.6 Å². The molecule has 3 aromatic carbocycles. The maximum absolute atomic E-state index is 12.3. The summed E-state index contributed by atoms with van der Waals surface area (Å²) in [5.74, 6) is 0.427. The van der Waals surface area contributed by atoms with Gasteiger partial charge in [0, 0.05) is 18.1 Å². The smallest absolute Gasteiger partial charge is 0.410 e. The zero-order chi connectivity index (χ0) is 25.5. The second-order valence-electron chi connectivity index (χ2n) is 8.95. The SMILES string of the molecule is CS(=O)(=O)Nc1cc(CN2CCCC2)ccc1CCNC(=O)Oc1ccc(-c2ccc(Cl)cc2)cc1. The van der Waals surface area contributed by atoms with Crippen molar-refractivity contribution in [1.29, 1.82) is 0 Å². The molecule has 36 heavy (non-hydrogen) atoms. The van der Waals surface area contributed by atoms with E-state index in [0.717, 1.165) is 48.1 Å². The number of hydrogen-bond acceptors (Lipinski definition) is 5. The van der Waals surface area contributed by atoms with Crippen LogP contribution in [0.1, 0.15) is 24.0 Å². The second-order valence-corrected chi connectivity index (χ2v) is 11.1. The number of sulfonamides is 1. The molecule has 9 heteroatoms. The molecule has 0 spiro atoms. The van der Waals surface area contributed by atoms with E-state index in [9.17, 15) is 13.2 Å². The fraction of sp³-hybridized carbons (Fsp3) is 0.296. The predicted octanol–water partition coefficient (Wildman–Crippen LogP) is 5.31. The summed E-state index contributed by atoms with van der Waals surface area (Å²) < 4.78 is 31.8. The number of nitrogens with zero attached hydrogens (tertiary/aromatic N) is 1. The van der Waals surface area contributed by atoms with Crippen LogP contribution in [0.2, 0.25) is 5.02 Å². The van der Waals surface area contributed by atoms with Gasteiger partial charge in [0.25, 0.3) is 0 Å². The number of anilines is 1. The van der Waals surface area contributed by atoms with Gasteiger partial charge in [0.2, 0.25) is 10.0 Å². The van der Waals surface area contributed by atoms with Crippen LogP contribution in [0.5, 0.6) is 5.75 Å². The third kappa shape index (κ3) is 7.71. The first-order valence-corrected chi connectivity index (χ1v) is 14.2. The molecule has 4 rings (SSSR count). The van der Waals surface area contributed by atoms with E-state index in [-0.39, 0.29) is 0 Å². The van der Waals surface area contributed by atoms with E-state index in [0.29, 0.717) is 29.4 Å². The number of hydrogen-bond donors (Lipinski definition) is 2. The highest BCUT2D eigenvalue weighted by Gasteiger charge is 2.14. The maximum atomic E-state index is 12.3. The van der Waals surface area contributed by atoms with Crippen molar-refractivity contribution in [1.82, 2.24) is 10.2 Å². The van der Waals surface area contributed by atoms with Gasteiger partial charge in [0.05, 0.1) is 11.9 Å². The number of carbonyl (C=O) groups excluding carboxylic acids is 1. The number of benzene rings is 3. The lowest BCUT2D eigenvalue weighted by Crippen LogP contribution is -2.29. The molecule has 0 radical (unpaired) electrons. The minimum absolute atomic E-state index is 0.297. The number of ether oxygens (including phenoxy) is 1. The van der Waals surface area contributed by atoms with Crippen molar-refractivity contribution in [3.63, 3.8) is 0 Å². The minimum Gasteiger partial charge on any atom is -0.410 e. The lowest BCUT2D eigenvalue weighted by atomic mass is 10.1. The summed E-state index contributed by atoms with van der Waals surface area (Å²) in [5, 5.41) is 3.41. The van der Waals surface area contributed by atoms with Gasteiger partial charge in [-0.05, 0) is 84.9 Å². The molecule has 0 unspecified atom stereocenters. The number of nitrogens with one attached hydrogen (secondary N) is 2. The Balaban J connectivity index is 1.32. The monoisotopic (exact) mass is 527 g/mol. The third-order valence-electron chi connectivity index (χ3n) is 5.98. The summed E-state index contributed by atoms with van der Waals surface area (Å²) >= 11 is 5.94. The highest BCUT2D eigenvalue weighted by molar-refractivity contribution is 7.92. The molecule has 3 aromatic rings. The number of amides is 1. The van der Waals surface area contributed by atoms with Crippen molar-refractivity contribution in [3.8, 4) is 16.9 Å². The van der Waals surface area contributed by atoms with E-state index >= 15 is 0 Å². The molecule has 1 aliphatic rings. The molecule has 0 saturated carbocycles. The molecular formula is C27H30ClN3O4S. The van der Waals surface area contributed by atoms with Crippen LogP contribution in [0.25, 0.3) is 11.1 Å². The van der Waals surface area contributed by atoms with E-state index in [2.05, 4.69) is 14.9 Å². The van der Waals surface area contributed by atoms with E-state index in [1.54, 1.807) is 12.1 Å². The Hall–Kier alpha value is -3.07. The summed E-state index contributed by atoms with van der Waals surface area (Å²) in [4.78, 5) is 14.7. The molecule has 0 aliphatic carbocycles. The third-order valence-corrected chi connectivity index (χ3v) is 6.82. The molecule has 1 heterocycles. The number of rotatable bonds is 9. The Kier molecular flexibility index (Phi) is 8.51. The Morgan fingerprint density at radius 2 is 1.61 bits per heavy atom. The molecular weight excluding hydrogens is 498 g/mol. The van der Waals surface area contributed by atoms with Crippen LogP contribution in [-0.4, -0.2) is 45.3 Å². The normalized spacial score (nSPS) is 13.9. The minimum atomic E-state index is -3.43. The highest BCUT2D eigenvalue weighted by atomic mass is 35.5. The predicted molar refractivity (Wildman–Crippen MR) is 144 cm³/mol. The summed E-state index contributed by atoms with van der Waals surface area (Å²) in [6.07, 6.45) is 3.41. The molecule has 0 aromatic heterocycles. The van der Waals surface area contributed by atoms with Crippen molar-refractivity contribution < 1.29 is 17.9 Å². The number of carbonyl (C=O) groups is 1. The zero-order valence-electron chi connectivity index (χ0n) is 20.2. The van der Waals surface area contributed by atoms with Crippen LogP contribution in [0.3, 0.4) is 0 Å². The Morgan fingerprint density at radius 3 is 2.25 bits per heavy atom. The summed E-state index contributed by atoms with van der Waals surface area (Å²) in [6.45, 7) is 3.21. The van der Waals surface area contributed by atoms with Gasteiger partial charge in [-0.25, -0.2) is 13.2 Å². The standard InChI is InChI=1S/C27H30ClN3O4S/c1-36(33,34)30-26-18-20(19-31-16-2-3-17-31)4-5-23(26)14-15-29-27(32)35-25-12-8-22(9-13-25)21-6-10-24(28)11-7-21/h4-13,18,30H,2-3,14-17,19H2,1H3,(H,29,32). The average molecular weight is 528 g/mol. The largest absolute Gasteiger partial charge is 0.412 e. The highest BCUT2D eigenvalue weighted by Crippen LogP contribution is 2.24. The van der Waals surface area contributed by atoms with Gasteiger partial charge in [-0.2, -0.15) is 0 Å². The van der Waals surface area contributed by atoms with Crippen molar-refractivity contribution in [2.24, 2.45) is 0 Å². The maximum Gasteiger partial charge on any atom is 0.412 e. The first-order chi connectivity index (χ1) is 17.2. The van der Waals surface area contributed by atoms with Crippen LogP contribution in [0.4, 0.5) is 10.5 Å². The van der Waals surface area contributed by atoms with Crippen LogP contribution in [0, 0.1) is 0 Å². The van der Waals surface area contributed by atoms with Crippen molar-refractivity contribution >= 4 is 33.4 Å². The van der Waals surface area contributed by atoms with E-state index in [1.807, 2.05) is 54.6 Å². The quantitative estimate of drug-likeness (QED) is 0.394. The van der Waals surface area contributed by atoms with E-state index in [1.165, 1.54) is 12.8 Å². The fourth-order valence-electron chi connectivity index (χ4n) is 4.23. The first kappa shape index (κ1) is 26.0. The topological polar surface area (TPSA) is 87.7 Å². The molecule has 1 aliphatic heterocycles. The molecule has 1 saturated heterocycles. The molecule has 190 valence electrons. The number of halogens is 1. The average Bonchev–Trinajstić information content (AvgIpc) is 3.34. The Labute approximate surface area is 217 Å². The first-order valence-electron chi connectivity index (χ1n) is 11.9. The van der Waals surface area contributed by atoms with Crippen molar-refractivity contribution in [2.75, 3.05) is 30.6 Å². The molecule has 0 bridgehead atoms. The van der Waals surface area contributed by atoms with Gasteiger partial charge in [-0.3, -0.25) is 9.62 Å². The van der Waals surface area contributed by atoms with Gasteiger partial charge in [0.1, 0.15) is 5.75 Å². The lowest BCUT2D eigenvalue weighted by molar-refractivity contribution is 0.200. The molecule has 0 atom stereocenters. The van der Waals surface area contributed by atoms with Gasteiger partial charge < -0.3 is 10.1 Å². The summed E-state index contributed by atoms with van der Waals surface area (Å²) in [7, 11) is -3.43. The summed E-state index contributed by atoms with van der Waals surface area (Å²) in [5.41, 5.74) is 4.40. The molecule has 1 amide bonds. The fourth-order valence-corrected chi connectivity index (χ4v) is 4.95. The van der Waals surface area contributed by atoms with Gasteiger partial charge >= 0.3 is 6.09 Å². The Morgan fingerprint density at radius 1 is 0.972 bits per heavy atom. The summed E-state index contributed by atoms with van der Waals surface area (Å²) in [6, 6.07) is 20.5. The van der Waals surface area contributed by atoms with Gasteiger partial charge in [-0.15, -0.1) is 0 Å². The molecule has 1 fully saturated rings. The molecule has 7 nitrogen and oxygen atoms in total. The molecule has 2 N–H and O–H groups in total.